The molecule has 7 nitrogen and oxygen atoms in total. The lowest BCUT2D eigenvalue weighted by Gasteiger charge is -2.11. The van der Waals surface area contributed by atoms with E-state index in [1.807, 2.05) is 42.5 Å². The van der Waals surface area contributed by atoms with Crippen LogP contribution in [-0.2, 0) is 13.0 Å². The molecule has 8 heteroatoms. The van der Waals surface area contributed by atoms with E-state index in [0.29, 0.717) is 29.7 Å². The second kappa shape index (κ2) is 9.30. The van der Waals surface area contributed by atoms with Gasteiger partial charge in [0.15, 0.2) is 5.65 Å². The lowest BCUT2D eigenvalue weighted by Crippen LogP contribution is -2.08. The highest BCUT2D eigenvalue weighted by Crippen LogP contribution is 2.36. The summed E-state index contributed by atoms with van der Waals surface area (Å²) in [5, 5.41) is 10.9. The third-order valence-electron chi connectivity index (χ3n) is 5.41. The standard InChI is InChI=1S/C25H24N6OS/c1-32-20-12-6-5-11-19(20)22-21-23(26)31(16-17-8-3-2-4-9-17)30-24(21)29-25(28-22)27-14-13-18-10-7-15-33-18/h2-12,15H,13-14,16,26H2,1H3,(H,27,29,30). The van der Waals surface area contributed by atoms with Crippen molar-refractivity contribution in [3.05, 3.63) is 82.6 Å². The first kappa shape index (κ1) is 21.0. The minimum atomic E-state index is 0.518. The predicted molar refractivity (Wildman–Crippen MR) is 134 cm³/mol. The Kier molecular flexibility index (Phi) is 5.91. The van der Waals surface area contributed by atoms with Gasteiger partial charge in [-0.25, -0.2) is 9.67 Å². The van der Waals surface area contributed by atoms with Crippen LogP contribution in [0.15, 0.2) is 72.1 Å². The summed E-state index contributed by atoms with van der Waals surface area (Å²) in [5.74, 6) is 1.77. The Labute approximate surface area is 195 Å². The molecule has 0 fully saturated rings. The zero-order valence-corrected chi connectivity index (χ0v) is 19.0. The second-order valence-corrected chi connectivity index (χ2v) is 8.61. The zero-order valence-electron chi connectivity index (χ0n) is 18.2. The first-order valence-electron chi connectivity index (χ1n) is 10.7. The molecule has 2 aromatic carbocycles. The van der Waals surface area contributed by atoms with Crippen LogP contribution < -0.4 is 15.8 Å². The van der Waals surface area contributed by atoms with E-state index in [2.05, 4.69) is 39.9 Å². The highest BCUT2D eigenvalue weighted by Gasteiger charge is 2.20. The van der Waals surface area contributed by atoms with E-state index in [0.717, 1.165) is 35.2 Å². The normalized spacial score (nSPS) is 11.1. The van der Waals surface area contributed by atoms with Crippen molar-refractivity contribution in [3.8, 4) is 17.0 Å². The fraction of sp³-hybridized carbons (Fsp3) is 0.160. The van der Waals surface area contributed by atoms with Crippen molar-refractivity contribution in [2.24, 2.45) is 0 Å². The number of thiophene rings is 1. The number of anilines is 2. The van der Waals surface area contributed by atoms with Gasteiger partial charge in [0.05, 0.1) is 24.7 Å². The van der Waals surface area contributed by atoms with Crippen molar-refractivity contribution in [3.63, 3.8) is 0 Å². The molecule has 3 heterocycles. The number of nitrogens with one attached hydrogen (secondary N) is 1. The van der Waals surface area contributed by atoms with Crippen LogP contribution in [0.1, 0.15) is 10.4 Å². The summed E-state index contributed by atoms with van der Waals surface area (Å²) in [6.07, 6.45) is 0.896. The van der Waals surface area contributed by atoms with Crippen molar-refractivity contribution >= 4 is 34.1 Å². The third kappa shape index (κ3) is 4.38. The Morgan fingerprint density at radius 2 is 1.82 bits per heavy atom. The van der Waals surface area contributed by atoms with E-state index in [-0.39, 0.29) is 0 Å². The van der Waals surface area contributed by atoms with E-state index >= 15 is 0 Å². The van der Waals surface area contributed by atoms with Crippen LogP contribution in [-0.4, -0.2) is 33.4 Å². The number of para-hydroxylation sites is 1. The van der Waals surface area contributed by atoms with Gasteiger partial charge in [-0.3, -0.25) is 0 Å². The average molecular weight is 457 g/mol. The summed E-state index contributed by atoms with van der Waals surface area (Å²) in [4.78, 5) is 10.8. The number of nitrogens with zero attached hydrogens (tertiary/aromatic N) is 4. The van der Waals surface area contributed by atoms with Gasteiger partial charge < -0.3 is 15.8 Å². The number of rotatable bonds is 8. The van der Waals surface area contributed by atoms with Crippen molar-refractivity contribution < 1.29 is 4.74 Å². The topological polar surface area (TPSA) is 90.9 Å². The van der Waals surface area contributed by atoms with E-state index in [1.54, 1.807) is 23.1 Å². The minimum absolute atomic E-state index is 0.518. The van der Waals surface area contributed by atoms with Gasteiger partial charge in [0.2, 0.25) is 5.95 Å². The zero-order chi connectivity index (χ0) is 22.6. The van der Waals surface area contributed by atoms with Gasteiger partial charge in [-0.1, -0.05) is 48.5 Å². The molecule has 0 unspecified atom stereocenters. The SMILES string of the molecule is COc1ccccc1-c1nc(NCCc2cccs2)nc2nn(Cc3ccccc3)c(N)c12. The maximum atomic E-state index is 6.59. The number of ether oxygens (including phenoxy) is 1. The molecule has 0 amide bonds. The smallest absolute Gasteiger partial charge is 0.225 e. The van der Waals surface area contributed by atoms with Crippen molar-refractivity contribution in [2.75, 3.05) is 24.7 Å². The van der Waals surface area contributed by atoms with E-state index in [9.17, 15) is 0 Å². The number of hydrogen-bond donors (Lipinski definition) is 2. The average Bonchev–Trinajstić information content (AvgIpc) is 3.47. The van der Waals surface area contributed by atoms with E-state index in [1.165, 1.54) is 4.88 Å². The number of fused-ring (bicyclic) bond motifs is 1. The van der Waals surface area contributed by atoms with Crippen LogP contribution in [0, 0.1) is 0 Å². The van der Waals surface area contributed by atoms with Crippen LogP contribution in [0.5, 0.6) is 5.75 Å². The van der Waals surface area contributed by atoms with Gasteiger partial charge in [-0.15, -0.1) is 16.4 Å². The van der Waals surface area contributed by atoms with Crippen molar-refractivity contribution in [1.82, 2.24) is 19.7 Å². The fourth-order valence-electron chi connectivity index (χ4n) is 3.80. The lowest BCUT2D eigenvalue weighted by molar-refractivity contribution is 0.416. The lowest BCUT2D eigenvalue weighted by atomic mass is 10.1. The first-order chi connectivity index (χ1) is 16.2. The molecule has 5 aromatic rings. The summed E-state index contributed by atoms with van der Waals surface area (Å²) >= 11 is 1.74. The van der Waals surface area contributed by atoms with Crippen LogP contribution >= 0.6 is 11.3 Å². The summed E-state index contributed by atoms with van der Waals surface area (Å²) in [6.45, 7) is 1.27. The molecule has 166 valence electrons. The Bertz CT molecular complexity index is 1360. The van der Waals surface area contributed by atoms with Gasteiger partial charge in [0, 0.05) is 17.0 Å². The van der Waals surface area contributed by atoms with Gasteiger partial charge in [-0.05, 0) is 35.6 Å². The molecule has 3 aromatic heterocycles. The highest BCUT2D eigenvalue weighted by atomic mass is 32.1. The molecule has 0 aliphatic carbocycles. The molecule has 0 saturated heterocycles. The molecule has 0 spiro atoms. The maximum absolute atomic E-state index is 6.59. The van der Waals surface area contributed by atoms with Gasteiger partial charge in [0.25, 0.3) is 0 Å². The van der Waals surface area contributed by atoms with Crippen LogP contribution in [0.3, 0.4) is 0 Å². The van der Waals surface area contributed by atoms with Gasteiger partial charge >= 0.3 is 0 Å². The van der Waals surface area contributed by atoms with Crippen LogP contribution in [0.25, 0.3) is 22.3 Å². The molecule has 33 heavy (non-hydrogen) atoms. The molecule has 3 N–H and O–H groups in total. The molecular weight excluding hydrogens is 432 g/mol. The predicted octanol–water partition coefficient (Wildman–Crippen LogP) is 4.85. The Morgan fingerprint density at radius 1 is 1.00 bits per heavy atom. The minimum Gasteiger partial charge on any atom is -0.496 e. The highest BCUT2D eigenvalue weighted by molar-refractivity contribution is 7.09. The molecule has 0 radical (unpaired) electrons. The van der Waals surface area contributed by atoms with Crippen LogP contribution in [0.4, 0.5) is 11.8 Å². The summed E-state index contributed by atoms with van der Waals surface area (Å²) in [7, 11) is 1.65. The maximum Gasteiger partial charge on any atom is 0.225 e. The van der Waals surface area contributed by atoms with E-state index in [4.69, 9.17) is 20.6 Å². The molecule has 0 aliphatic rings. The summed E-state index contributed by atoms with van der Waals surface area (Å²) in [5.41, 5.74) is 9.80. The molecular formula is C25H24N6OS. The Balaban J connectivity index is 1.57. The van der Waals surface area contributed by atoms with E-state index < -0.39 is 0 Å². The molecule has 0 atom stereocenters. The van der Waals surface area contributed by atoms with Crippen molar-refractivity contribution in [1.29, 1.82) is 0 Å². The Hall–Kier alpha value is -3.91. The number of methoxy groups -OCH3 is 1. The molecule has 0 saturated carbocycles. The molecule has 0 bridgehead atoms. The van der Waals surface area contributed by atoms with Crippen LogP contribution in [0.2, 0.25) is 0 Å². The largest absolute Gasteiger partial charge is 0.496 e. The number of nitrogen functional groups attached to an aromatic ring is 1. The summed E-state index contributed by atoms with van der Waals surface area (Å²) in [6, 6.07) is 22.1. The molecule has 5 rings (SSSR count). The Morgan fingerprint density at radius 3 is 2.61 bits per heavy atom. The van der Waals surface area contributed by atoms with Crippen molar-refractivity contribution in [2.45, 2.75) is 13.0 Å². The number of nitrogens with two attached hydrogens (primary N) is 1. The fourth-order valence-corrected chi connectivity index (χ4v) is 4.51. The second-order valence-electron chi connectivity index (χ2n) is 7.58. The third-order valence-corrected chi connectivity index (χ3v) is 6.35. The van der Waals surface area contributed by atoms with Gasteiger partial charge in [0.1, 0.15) is 11.6 Å². The molecule has 0 aliphatic heterocycles. The summed E-state index contributed by atoms with van der Waals surface area (Å²) < 4.78 is 7.39. The number of benzene rings is 2. The van der Waals surface area contributed by atoms with Gasteiger partial charge in [-0.2, -0.15) is 4.98 Å². The number of hydrogen-bond acceptors (Lipinski definition) is 7. The monoisotopic (exact) mass is 456 g/mol. The number of aromatic nitrogens is 4. The first-order valence-corrected chi connectivity index (χ1v) is 11.6. The quantitative estimate of drug-likeness (QED) is 0.347.